The SMILES string of the molecule is CC(C)(C)C#N.CC(C)(C)N(c1ccccc1)c1ccccc1.CC(C)(C)c1cc(N(c2cc(C(C)(C)C)cc(C(C)(C)C)c2)C(C)(C)C)cc(C(C)(C)C)c1.CC(C)(C)c1ccc(N(c2ccc(C(C)(C)C)cc2)C(C)(C)C)cc1.CN(C)C(C)(C)C.COC(C)(C)C. The summed E-state index contributed by atoms with van der Waals surface area (Å²) in [5.41, 5.74) is 16.7. The van der Waals surface area contributed by atoms with Crippen LogP contribution in [0.1, 0.15) is 283 Å². The van der Waals surface area contributed by atoms with E-state index in [0.29, 0.717) is 5.54 Å². The van der Waals surface area contributed by atoms with Crippen molar-refractivity contribution in [2.24, 2.45) is 5.41 Å². The van der Waals surface area contributed by atoms with E-state index in [9.17, 15) is 0 Å². The first kappa shape index (κ1) is 86.1. The van der Waals surface area contributed by atoms with E-state index in [1.165, 1.54) is 67.5 Å². The van der Waals surface area contributed by atoms with Crippen LogP contribution in [0.5, 0.6) is 0 Å². The van der Waals surface area contributed by atoms with Crippen LogP contribution in [-0.2, 0) is 37.2 Å². The summed E-state index contributed by atoms with van der Waals surface area (Å²) in [6.07, 6.45) is 0. The zero-order valence-electron chi connectivity index (χ0n) is 68.0. The molecule has 0 radical (unpaired) electrons. The largest absolute Gasteiger partial charge is 0.379 e. The Morgan fingerprint density at radius 3 is 0.596 bits per heavy atom. The van der Waals surface area contributed by atoms with Crippen LogP contribution in [0.4, 0.5) is 34.1 Å². The van der Waals surface area contributed by atoms with Crippen molar-refractivity contribution in [2.45, 2.75) is 310 Å². The molecule has 6 rings (SSSR count). The fourth-order valence-corrected chi connectivity index (χ4v) is 9.36. The number of nitriles is 1. The molecule has 0 aliphatic rings. The molecule has 0 N–H and O–H groups in total. The lowest BCUT2D eigenvalue weighted by atomic mass is 9.79. The maximum Gasteiger partial charge on any atom is 0.0680 e. The van der Waals surface area contributed by atoms with Gasteiger partial charge < -0.3 is 24.3 Å². The van der Waals surface area contributed by atoms with Gasteiger partial charge in [0.2, 0.25) is 0 Å². The van der Waals surface area contributed by atoms with Crippen molar-refractivity contribution >= 4 is 34.1 Å². The van der Waals surface area contributed by atoms with Crippen LogP contribution >= 0.6 is 0 Å². The zero-order chi connectivity index (χ0) is 73.6. The predicted octanol–water partition coefficient (Wildman–Crippen LogP) is 26.0. The zero-order valence-corrected chi connectivity index (χ0v) is 68.0. The lowest BCUT2D eigenvalue weighted by molar-refractivity contribution is 0.0397. The van der Waals surface area contributed by atoms with E-state index in [0.717, 1.165) is 0 Å². The summed E-state index contributed by atoms with van der Waals surface area (Å²) in [7, 11) is 5.88. The molecule has 6 heteroatoms. The minimum Gasteiger partial charge on any atom is -0.379 e. The number of ether oxygens (including phenoxy) is 1. The van der Waals surface area contributed by atoms with Gasteiger partial charge in [-0.2, -0.15) is 5.26 Å². The molecule has 0 spiro atoms. The number of hydrogen-bond donors (Lipinski definition) is 0. The first-order valence-electron chi connectivity index (χ1n) is 34.6. The monoisotopic (exact) mass is 1280 g/mol. The van der Waals surface area contributed by atoms with Crippen molar-refractivity contribution in [1.82, 2.24) is 4.90 Å². The van der Waals surface area contributed by atoms with E-state index in [1.807, 2.05) is 41.5 Å². The molecule has 6 aromatic rings. The van der Waals surface area contributed by atoms with Crippen LogP contribution in [0.25, 0.3) is 0 Å². The number of hydrogen-bond acceptors (Lipinski definition) is 6. The second kappa shape index (κ2) is 32.9. The number of anilines is 6. The van der Waals surface area contributed by atoms with Crippen LogP contribution in [0.2, 0.25) is 0 Å². The van der Waals surface area contributed by atoms with Crippen LogP contribution < -0.4 is 14.7 Å². The van der Waals surface area contributed by atoms with Crippen molar-refractivity contribution in [1.29, 1.82) is 5.26 Å². The maximum atomic E-state index is 8.15. The molecule has 0 saturated carbocycles. The normalized spacial score (nSPS) is 12.8. The highest BCUT2D eigenvalue weighted by Crippen LogP contribution is 2.43. The summed E-state index contributed by atoms with van der Waals surface area (Å²) in [5.74, 6) is 0. The van der Waals surface area contributed by atoms with E-state index in [2.05, 4.69) is 393 Å². The summed E-state index contributed by atoms with van der Waals surface area (Å²) >= 11 is 0. The fraction of sp³-hybridized carbons (Fsp3) is 0.580. The summed E-state index contributed by atoms with van der Waals surface area (Å²) in [6, 6.07) is 55.7. The van der Waals surface area contributed by atoms with Crippen molar-refractivity contribution in [2.75, 3.05) is 35.9 Å². The second-order valence-electron chi connectivity index (χ2n) is 38.1. The molecule has 6 nitrogen and oxygen atoms in total. The first-order chi connectivity index (χ1) is 42.0. The molecule has 0 aliphatic heterocycles. The summed E-state index contributed by atoms with van der Waals surface area (Å²) in [5, 5.41) is 8.15. The van der Waals surface area contributed by atoms with Gasteiger partial charge in [-0.3, -0.25) is 0 Å². The van der Waals surface area contributed by atoms with Gasteiger partial charge in [-0.25, -0.2) is 0 Å². The average Bonchev–Trinajstić information content (AvgIpc) is 0.771. The number of rotatable bonds is 6. The third kappa shape index (κ3) is 30.0. The van der Waals surface area contributed by atoms with E-state index < -0.39 is 0 Å². The topological polar surface area (TPSA) is 46.0 Å². The molecule has 0 amide bonds. The highest BCUT2D eigenvalue weighted by atomic mass is 16.5. The van der Waals surface area contributed by atoms with Crippen LogP contribution in [0.15, 0.2) is 146 Å². The highest BCUT2D eigenvalue weighted by molar-refractivity contribution is 5.70. The standard InChI is InChI=1S/C32H51N.C24H35N.C16H19N.C6H15N.C5H9N.C5H12O/c1-28(2,3)22-16-23(29(4,5)6)19-26(18-22)33(32(13,14)15)27-20-24(30(7,8)9)17-25(21-27)31(10,11)12;1-22(2,3)18-10-14-20(15-11-18)25(24(7,8)9)21-16-12-19(13-17-21)23(4,5)6;1-16(2,3)17(14-10-6-4-7-11-14)15-12-8-5-9-13-15;1-6(2,3)7(4)5;1-5(2,3)4-6;1-5(2,3)6-4/h16-21H,1-15H3;10-17H,1-9H3;4-13H,1-3H3;1-5H3;1-3H3;1-4H3. The van der Waals surface area contributed by atoms with Crippen molar-refractivity contribution in [3.05, 3.63) is 179 Å². The van der Waals surface area contributed by atoms with Gasteiger partial charge in [0, 0.05) is 68.8 Å². The molecule has 0 atom stereocenters. The number of benzene rings is 6. The molecular formula is C88H141N5O. The van der Waals surface area contributed by atoms with Crippen molar-refractivity contribution in [3.8, 4) is 6.07 Å². The van der Waals surface area contributed by atoms with Crippen molar-refractivity contribution in [3.63, 3.8) is 0 Å². The maximum absolute atomic E-state index is 8.15. The Balaban J connectivity index is 0.000000635. The molecule has 0 saturated heterocycles. The molecule has 0 unspecified atom stereocenters. The molecule has 0 heterocycles. The third-order valence-corrected chi connectivity index (χ3v) is 16.1. The quantitative estimate of drug-likeness (QED) is 0.166. The first-order valence-corrected chi connectivity index (χ1v) is 34.6. The molecular weight excluding hydrogens is 1140 g/mol. The van der Waals surface area contributed by atoms with Crippen LogP contribution in [-0.4, -0.2) is 53.9 Å². The Kier molecular flexibility index (Phi) is 30.2. The number of nitrogens with zero attached hydrogens (tertiary/aromatic N) is 5. The fourth-order valence-electron chi connectivity index (χ4n) is 9.36. The molecule has 0 aromatic heterocycles. The van der Waals surface area contributed by atoms with Gasteiger partial charge in [0.15, 0.2) is 0 Å². The summed E-state index contributed by atoms with van der Waals surface area (Å²) < 4.78 is 4.94. The minimum absolute atomic E-state index is 0.00645. The number of para-hydroxylation sites is 2. The Morgan fingerprint density at radius 1 is 0.266 bits per heavy atom. The van der Waals surface area contributed by atoms with E-state index >= 15 is 0 Å². The average molecular weight is 1290 g/mol. The molecule has 0 bridgehead atoms. The highest BCUT2D eigenvalue weighted by Gasteiger charge is 2.32. The van der Waals surface area contributed by atoms with Gasteiger partial charge in [-0.05, 0) is 277 Å². The van der Waals surface area contributed by atoms with Crippen LogP contribution in [0.3, 0.4) is 0 Å². The summed E-state index contributed by atoms with van der Waals surface area (Å²) in [6.45, 7) is 80.1. The van der Waals surface area contributed by atoms with Crippen LogP contribution in [0, 0.1) is 16.7 Å². The van der Waals surface area contributed by atoms with Gasteiger partial charge in [0.1, 0.15) is 0 Å². The summed E-state index contributed by atoms with van der Waals surface area (Å²) in [4.78, 5) is 9.52. The van der Waals surface area contributed by atoms with E-state index in [1.54, 1.807) is 7.11 Å². The Labute approximate surface area is 581 Å². The second-order valence-corrected chi connectivity index (χ2v) is 38.1. The van der Waals surface area contributed by atoms with E-state index in [4.69, 9.17) is 10.00 Å². The third-order valence-electron chi connectivity index (χ3n) is 16.1. The minimum atomic E-state index is -0.153. The van der Waals surface area contributed by atoms with Gasteiger partial charge in [0.05, 0.1) is 11.7 Å². The van der Waals surface area contributed by atoms with Gasteiger partial charge >= 0.3 is 0 Å². The molecule has 0 fully saturated rings. The van der Waals surface area contributed by atoms with E-state index in [-0.39, 0.29) is 60.1 Å². The Bertz CT molecular complexity index is 2970. The lowest BCUT2D eigenvalue weighted by Crippen LogP contribution is -2.38. The Morgan fingerprint density at radius 2 is 0.447 bits per heavy atom. The smallest absolute Gasteiger partial charge is 0.0680 e. The van der Waals surface area contributed by atoms with Crippen molar-refractivity contribution < 1.29 is 4.74 Å². The van der Waals surface area contributed by atoms with Gasteiger partial charge in [-0.15, -0.1) is 0 Å². The predicted molar refractivity (Wildman–Crippen MR) is 422 cm³/mol. The molecule has 0 aliphatic carbocycles. The molecule has 94 heavy (non-hydrogen) atoms. The molecule has 6 aromatic carbocycles. The lowest BCUT2D eigenvalue weighted by Gasteiger charge is -2.41. The molecule has 524 valence electrons. The number of methoxy groups -OCH3 is 1. The van der Waals surface area contributed by atoms with Gasteiger partial charge in [-0.1, -0.05) is 197 Å². The Hall–Kier alpha value is -5.87. The van der Waals surface area contributed by atoms with Gasteiger partial charge in [0.25, 0.3) is 0 Å².